The van der Waals surface area contributed by atoms with Gasteiger partial charge in [0.2, 0.25) is 0 Å². The Hall–Kier alpha value is -1.04. The molecule has 5 heteroatoms. The first-order chi connectivity index (χ1) is 9.28. The average molecular weight is 292 g/mol. The molecule has 1 aliphatic rings. The summed E-state index contributed by atoms with van der Waals surface area (Å²) in [5, 5.41) is 4.31. The first kappa shape index (κ1) is 13.0. The topological polar surface area (TPSA) is 34.2 Å². The normalized spacial score (nSPS) is 19.6. The number of nitrogens with one attached hydrogen (secondary N) is 1. The minimum atomic E-state index is 0.0720. The highest BCUT2D eigenvalue weighted by atomic mass is 32.2. The number of aromatic nitrogens is 1. The number of rotatable bonds is 3. The highest BCUT2D eigenvalue weighted by Crippen LogP contribution is 2.41. The van der Waals surface area contributed by atoms with Crippen molar-refractivity contribution >= 4 is 23.1 Å². The fourth-order valence-electron chi connectivity index (χ4n) is 1.93. The predicted molar refractivity (Wildman–Crippen MR) is 80.1 cm³/mol. The quantitative estimate of drug-likeness (QED) is 0.936. The van der Waals surface area contributed by atoms with Crippen molar-refractivity contribution in [1.82, 2.24) is 10.3 Å². The van der Waals surface area contributed by atoms with E-state index in [2.05, 4.69) is 23.3 Å². The fraction of sp³-hybridized carbons (Fsp3) is 0.357. The summed E-state index contributed by atoms with van der Waals surface area (Å²) in [4.78, 5) is 7.00. The van der Waals surface area contributed by atoms with Crippen LogP contribution < -0.4 is 10.1 Å². The maximum absolute atomic E-state index is 6.05. The summed E-state index contributed by atoms with van der Waals surface area (Å²) in [6, 6.07) is 8.53. The lowest BCUT2D eigenvalue weighted by Gasteiger charge is -2.23. The van der Waals surface area contributed by atoms with Crippen molar-refractivity contribution in [2.45, 2.75) is 24.0 Å². The molecule has 1 aliphatic heterocycles. The second kappa shape index (κ2) is 5.53. The van der Waals surface area contributed by atoms with Crippen molar-refractivity contribution < 1.29 is 4.74 Å². The molecule has 2 atom stereocenters. The van der Waals surface area contributed by atoms with E-state index in [-0.39, 0.29) is 6.10 Å². The highest BCUT2D eigenvalue weighted by Gasteiger charge is 2.24. The van der Waals surface area contributed by atoms with Gasteiger partial charge in [0.15, 0.2) is 6.10 Å². The molecule has 2 heterocycles. The van der Waals surface area contributed by atoms with Crippen LogP contribution in [0.5, 0.6) is 5.75 Å². The first-order valence-corrected chi connectivity index (χ1v) is 8.09. The van der Waals surface area contributed by atoms with Gasteiger partial charge in [-0.3, -0.25) is 0 Å². The van der Waals surface area contributed by atoms with Gasteiger partial charge in [0.1, 0.15) is 10.8 Å². The maximum Gasteiger partial charge on any atom is 0.159 e. The van der Waals surface area contributed by atoms with Crippen LogP contribution in [0.4, 0.5) is 0 Å². The Morgan fingerprint density at radius 1 is 1.42 bits per heavy atom. The van der Waals surface area contributed by atoms with Crippen molar-refractivity contribution in [2.75, 3.05) is 12.8 Å². The zero-order valence-electron chi connectivity index (χ0n) is 10.9. The number of para-hydroxylation sites is 1. The number of ether oxygens (including phenoxy) is 1. The predicted octanol–water partition coefficient (Wildman–Crippen LogP) is 3.65. The van der Waals surface area contributed by atoms with Crippen LogP contribution in [0.3, 0.4) is 0 Å². The molecule has 2 aromatic rings. The van der Waals surface area contributed by atoms with Crippen molar-refractivity contribution in [3.8, 4) is 5.75 Å². The van der Waals surface area contributed by atoms with Gasteiger partial charge in [-0.1, -0.05) is 12.1 Å². The molecule has 3 nitrogen and oxygen atoms in total. The molecule has 0 bridgehead atoms. The molecule has 1 aromatic heterocycles. The molecule has 1 N–H and O–H groups in total. The van der Waals surface area contributed by atoms with Crippen LogP contribution >= 0.6 is 23.1 Å². The zero-order chi connectivity index (χ0) is 13.2. The Morgan fingerprint density at radius 2 is 2.26 bits per heavy atom. The Kier molecular flexibility index (Phi) is 3.77. The number of hydrogen-bond acceptors (Lipinski definition) is 5. The smallest absolute Gasteiger partial charge is 0.159 e. The number of nitrogens with zero attached hydrogens (tertiary/aromatic N) is 1. The van der Waals surface area contributed by atoms with Crippen LogP contribution in [-0.2, 0) is 0 Å². The highest BCUT2D eigenvalue weighted by molar-refractivity contribution is 7.99. The average Bonchev–Trinajstić information content (AvgIpc) is 2.95. The number of hydrogen-bond donors (Lipinski definition) is 1. The summed E-state index contributed by atoms with van der Waals surface area (Å²) in [6.45, 7) is 2.14. The Balaban J connectivity index is 1.79. The third-order valence-corrected chi connectivity index (χ3v) is 5.58. The van der Waals surface area contributed by atoms with E-state index in [0.717, 1.165) is 16.5 Å². The van der Waals surface area contributed by atoms with Gasteiger partial charge in [0.05, 0.1) is 0 Å². The van der Waals surface area contributed by atoms with Crippen molar-refractivity contribution in [3.05, 3.63) is 40.3 Å². The molecule has 0 aliphatic carbocycles. The molecule has 0 spiro atoms. The lowest BCUT2D eigenvalue weighted by Crippen LogP contribution is -2.14. The zero-order valence-corrected chi connectivity index (χ0v) is 12.6. The Bertz CT molecular complexity index is 570. The van der Waals surface area contributed by atoms with Gasteiger partial charge >= 0.3 is 0 Å². The second-order valence-electron chi connectivity index (χ2n) is 4.48. The van der Waals surface area contributed by atoms with E-state index in [1.54, 1.807) is 11.3 Å². The fourth-order valence-corrected chi connectivity index (χ4v) is 4.04. The summed E-state index contributed by atoms with van der Waals surface area (Å²) in [7, 11) is 1.97. The van der Waals surface area contributed by atoms with Crippen LogP contribution in [0.15, 0.2) is 35.4 Å². The lowest BCUT2D eigenvalue weighted by atomic mass is 10.3. The molecule has 0 saturated carbocycles. The maximum atomic E-state index is 6.05. The monoisotopic (exact) mass is 292 g/mol. The van der Waals surface area contributed by atoms with Gasteiger partial charge in [-0.15, -0.1) is 23.1 Å². The molecule has 0 radical (unpaired) electrons. The van der Waals surface area contributed by atoms with Gasteiger partial charge < -0.3 is 10.1 Å². The van der Waals surface area contributed by atoms with E-state index < -0.39 is 0 Å². The lowest BCUT2D eigenvalue weighted by molar-refractivity contribution is 0.220. The summed E-state index contributed by atoms with van der Waals surface area (Å²) < 4.78 is 6.05. The van der Waals surface area contributed by atoms with E-state index in [4.69, 9.17) is 4.74 Å². The summed E-state index contributed by atoms with van der Waals surface area (Å²) >= 11 is 3.58. The van der Waals surface area contributed by atoms with E-state index in [1.165, 1.54) is 9.77 Å². The largest absolute Gasteiger partial charge is 0.481 e. The molecular weight excluding hydrogens is 276 g/mol. The Morgan fingerprint density at radius 3 is 3.11 bits per heavy atom. The van der Waals surface area contributed by atoms with E-state index >= 15 is 0 Å². The minimum absolute atomic E-state index is 0.0720. The van der Waals surface area contributed by atoms with Crippen LogP contribution in [-0.4, -0.2) is 17.8 Å². The molecular formula is C14H16N2OS2. The number of thiazole rings is 1. The van der Waals surface area contributed by atoms with Gasteiger partial charge in [-0.2, -0.15) is 0 Å². The molecule has 2 unspecified atom stereocenters. The standard InChI is InChI=1S/C14H16N2OS2/c1-9(15-2)13-7-16-14(19-13)11-8-18-12-6-4-3-5-10(12)17-11/h3-7,9,11,15H,8H2,1-2H3. The molecule has 1 aromatic carbocycles. The molecule has 100 valence electrons. The molecule has 0 fully saturated rings. The third kappa shape index (κ3) is 2.63. The number of benzene rings is 1. The summed E-state index contributed by atoms with van der Waals surface area (Å²) in [6.07, 6.45) is 2.03. The van der Waals surface area contributed by atoms with E-state index in [1.807, 2.05) is 43.2 Å². The van der Waals surface area contributed by atoms with Crippen molar-refractivity contribution in [3.63, 3.8) is 0 Å². The van der Waals surface area contributed by atoms with Gasteiger partial charge in [-0.05, 0) is 26.1 Å². The second-order valence-corrected chi connectivity index (χ2v) is 6.63. The van der Waals surface area contributed by atoms with Crippen LogP contribution in [0.25, 0.3) is 0 Å². The third-order valence-electron chi connectivity index (χ3n) is 3.19. The molecule has 3 rings (SSSR count). The van der Waals surface area contributed by atoms with Crippen LogP contribution in [0, 0.1) is 0 Å². The van der Waals surface area contributed by atoms with Crippen molar-refractivity contribution in [1.29, 1.82) is 0 Å². The van der Waals surface area contributed by atoms with E-state index in [9.17, 15) is 0 Å². The Labute approximate surface area is 121 Å². The first-order valence-electron chi connectivity index (χ1n) is 6.29. The SMILES string of the molecule is CNC(C)c1cnc(C2CSc3ccccc3O2)s1. The van der Waals surface area contributed by atoms with Crippen LogP contribution in [0.1, 0.15) is 29.0 Å². The van der Waals surface area contributed by atoms with Crippen LogP contribution in [0.2, 0.25) is 0 Å². The van der Waals surface area contributed by atoms with Gasteiger partial charge in [-0.25, -0.2) is 4.98 Å². The van der Waals surface area contributed by atoms with E-state index in [0.29, 0.717) is 6.04 Å². The molecule has 0 saturated heterocycles. The van der Waals surface area contributed by atoms with Gasteiger partial charge in [0, 0.05) is 27.8 Å². The number of thioether (sulfide) groups is 1. The number of fused-ring (bicyclic) bond motifs is 1. The minimum Gasteiger partial charge on any atom is -0.481 e. The summed E-state index contributed by atoms with van der Waals surface area (Å²) in [5.41, 5.74) is 0. The van der Waals surface area contributed by atoms with Crippen molar-refractivity contribution in [2.24, 2.45) is 0 Å². The molecule has 0 amide bonds. The van der Waals surface area contributed by atoms with Gasteiger partial charge in [0.25, 0.3) is 0 Å². The summed E-state index contributed by atoms with van der Waals surface area (Å²) in [5.74, 6) is 1.90. The molecule has 19 heavy (non-hydrogen) atoms.